The van der Waals surface area contributed by atoms with Gasteiger partial charge >= 0.3 is 0 Å². The van der Waals surface area contributed by atoms with Crippen molar-refractivity contribution in [3.05, 3.63) is 17.9 Å². The Morgan fingerprint density at radius 3 is 2.65 bits per heavy atom. The van der Waals surface area contributed by atoms with Gasteiger partial charge < -0.3 is 20.3 Å². The highest BCUT2D eigenvalue weighted by Crippen LogP contribution is 2.31. The van der Waals surface area contributed by atoms with Crippen molar-refractivity contribution >= 4 is 11.4 Å². The Morgan fingerprint density at radius 1 is 1.40 bits per heavy atom. The molecule has 20 heavy (non-hydrogen) atoms. The Balaban J connectivity index is 2.07. The summed E-state index contributed by atoms with van der Waals surface area (Å²) in [6.45, 7) is 3.22. The molecule has 0 radical (unpaired) electrons. The van der Waals surface area contributed by atoms with Crippen LogP contribution < -0.4 is 15.4 Å². The van der Waals surface area contributed by atoms with E-state index in [-0.39, 0.29) is 5.75 Å². The zero-order valence-electron chi connectivity index (χ0n) is 12.5. The van der Waals surface area contributed by atoms with Gasteiger partial charge in [-0.1, -0.05) is 0 Å². The van der Waals surface area contributed by atoms with Crippen molar-refractivity contribution in [2.24, 2.45) is 5.92 Å². The van der Waals surface area contributed by atoms with Gasteiger partial charge in [-0.3, -0.25) is 0 Å². The maximum Gasteiger partial charge on any atom is 0.167 e. The molecule has 1 aliphatic rings. The fraction of sp³-hybridized carbons (Fsp3) is 0.600. The smallest absolute Gasteiger partial charge is 0.167 e. The van der Waals surface area contributed by atoms with Gasteiger partial charge in [-0.05, 0) is 38.9 Å². The summed E-state index contributed by atoms with van der Waals surface area (Å²) < 4.78 is 18.6. The minimum Gasteiger partial charge on any atom is -0.494 e. The molecule has 1 aromatic rings. The molecule has 2 rings (SSSR count). The summed E-state index contributed by atoms with van der Waals surface area (Å²) in [5.74, 6) is 0.484. The number of nitrogen functional groups attached to an aromatic ring is 1. The average molecular weight is 281 g/mol. The van der Waals surface area contributed by atoms with E-state index in [0.717, 1.165) is 25.3 Å². The molecule has 1 aromatic carbocycles. The van der Waals surface area contributed by atoms with Crippen LogP contribution in [0.5, 0.6) is 5.75 Å². The number of nitrogens with two attached hydrogens (primary N) is 1. The lowest BCUT2D eigenvalue weighted by Crippen LogP contribution is -2.35. The molecule has 0 unspecified atom stereocenters. The first-order chi connectivity index (χ1) is 9.51. The van der Waals surface area contributed by atoms with Crippen LogP contribution >= 0.6 is 0 Å². The first-order valence-corrected chi connectivity index (χ1v) is 7.04. The van der Waals surface area contributed by atoms with Gasteiger partial charge in [0.05, 0.1) is 18.5 Å². The topological polar surface area (TPSA) is 41.7 Å². The molecule has 0 spiro atoms. The lowest BCUT2D eigenvalue weighted by atomic mass is 9.96. The van der Waals surface area contributed by atoms with Gasteiger partial charge in [0, 0.05) is 25.7 Å². The maximum absolute atomic E-state index is 13.6. The van der Waals surface area contributed by atoms with E-state index in [0.29, 0.717) is 11.6 Å². The number of halogens is 1. The zero-order chi connectivity index (χ0) is 14.7. The molecule has 1 fully saturated rings. The van der Waals surface area contributed by atoms with Crippen LogP contribution in [0.4, 0.5) is 15.8 Å². The van der Waals surface area contributed by atoms with E-state index in [4.69, 9.17) is 10.5 Å². The zero-order valence-corrected chi connectivity index (χ0v) is 12.5. The third-order valence-corrected chi connectivity index (χ3v) is 4.08. The lowest BCUT2D eigenvalue weighted by molar-refractivity contribution is 0.222. The number of likely N-dealkylation sites (tertiary alicyclic amines) is 1. The van der Waals surface area contributed by atoms with Gasteiger partial charge in [0.1, 0.15) is 0 Å². The molecule has 0 aliphatic carbocycles. The summed E-state index contributed by atoms with van der Waals surface area (Å²) in [6.07, 6.45) is 2.39. The van der Waals surface area contributed by atoms with Gasteiger partial charge in [0.15, 0.2) is 11.6 Å². The van der Waals surface area contributed by atoms with Crippen molar-refractivity contribution in [2.45, 2.75) is 12.8 Å². The monoisotopic (exact) mass is 281 g/mol. The summed E-state index contributed by atoms with van der Waals surface area (Å²) in [5, 5.41) is 0. The van der Waals surface area contributed by atoms with Crippen molar-refractivity contribution < 1.29 is 9.13 Å². The maximum atomic E-state index is 13.6. The van der Waals surface area contributed by atoms with Crippen LogP contribution in [0.3, 0.4) is 0 Å². The van der Waals surface area contributed by atoms with E-state index in [1.807, 2.05) is 7.05 Å². The number of anilines is 2. The summed E-state index contributed by atoms with van der Waals surface area (Å²) in [4.78, 5) is 4.46. The fourth-order valence-corrected chi connectivity index (χ4v) is 2.78. The Bertz CT molecular complexity index is 459. The third kappa shape index (κ3) is 3.33. The van der Waals surface area contributed by atoms with Gasteiger partial charge in [-0.15, -0.1) is 0 Å². The highest BCUT2D eigenvalue weighted by molar-refractivity contribution is 5.69. The number of piperidine rings is 1. The molecule has 112 valence electrons. The minimum absolute atomic E-state index is 0.240. The molecule has 4 nitrogen and oxygen atoms in total. The van der Waals surface area contributed by atoms with Gasteiger partial charge in [-0.25, -0.2) is 4.39 Å². The van der Waals surface area contributed by atoms with E-state index in [2.05, 4.69) is 16.8 Å². The van der Waals surface area contributed by atoms with Crippen LogP contribution in [0, 0.1) is 11.7 Å². The third-order valence-electron chi connectivity index (χ3n) is 4.08. The standard InChI is InChI=1S/C15H24FN3O/c1-18-6-4-11(5-7-18)10-19(2)14-9-15(20-3)12(16)8-13(14)17/h8-9,11H,4-7,10,17H2,1-3H3. The Kier molecular flexibility index (Phi) is 4.70. The number of hydrogen-bond acceptors (Lipinski definition) is 4. The largest absolute Gasteiger partial charge is 0.494 e. The molecule has 1 heterocycles. The SMILES string of the molecule is COc1cc(N(C)CC2CCN(C)CC2)c(N)cc1F. The van der Waals surface area contributed by atoms with Crippen molar-refractivity contribution in [3.8, 4) is 5.75 Å². The molecular weight excluding hydrogens is 257 g/mol. The van der Waals surface area contributed by atoms with Crippen LogP contribution in [-0.4, -0.2) is 45.7 Å². The molecule has 1 saturated heterocycles. The second kappa shape index (κ2) is 6.31. The van der Waals surface area contributed by atoms with Gasteiger partial charge in [0.2, 0.25) is 0 Å². The van der Waals surface area contributed by atoms with Crippen LogP contribution in [0.2, 0.25) is 0 Å². The number of rotatable bonds is 4. The Labute approximate surface area is 120 Å². The normalized spacial score (nSPS) is 17.2. The molecule has 1 aliphatic heterocycles. The molecule has 0 aromatic heterocycles. The van der Waals surface area contributed by atoms with E-state index in [9.17, 15) is 4.39 Å². The predicted octanol–water partition coefficient (Wildman–Crippen LogP) is 2.19. The number of nitrogens with zero attached hydrogens (tertiary/aromatic N) is 2. The molecule has 2 N–H and O–H groups in total. The number of hydrogen-bond donors (Lipinski definition) is 1. The van der Waals surface area contributed by atoms with E-state index < -0.39 is 5.82 Å². The predicted molar refractivity (Wildman–Crippen MR) is 80.9 cm³/mol. The van der Waals surface area contributed by atoms with Crippen molar-refractivity contribution in [2.75, 3.05) is 51.5 Å². The second-order valence-corrected chi connectivity index (χ2v) is 5.67. The Hall–Kier alpha value is -1.49. The van der Waals surface area contributed by atoms with E-state index in [1.165, 1.54) is 26.0 Å². The number of methoxy groups -OCH3 is 1. The molecule has 0 saturated carbocycles. The molecule has 0 amide bonds. The quantitative estimate of drug-likeness (QED) is 0.859. The van der Waals surface area contributed by atoms with Crippen LogP contribution in [0.25, 0.3) is 0 Å². The van der Waals surface area contributed by atoms with Gasteiger partial charge in [-0.2, -0.15) is 0 Å². The molecule has 5 heteroatoms. The average Bonchev–Trinajstić information content (AvgIpc) is 2.41. The number of benzene rings is 1. The summed E-state index contributed by atoms with van der Waals surface area (Å²) in [5.41, 5.74) is 7.22. The van der Waals surface area contributed by atoms with Crippen molar-refractivity contribution in [1.29, 1.82) is 0 Å². The highest BCUT2D eigenvalue weighted by Gasteiger charge is 2.20. The molecule has 0 bridgehead atoms. The molecule has 0 atom stereocenters. The minimum atomic E-state index is -0.415. The van der Waals surface area contributed by atoms with Crippen LogP contribution in [-0.2, 0) is 0 Å². The fourth-order valence-electron chi connectivity index (χ4n) is 2.78. The summed E-state index contributed by atoms with van der Waals surface area (Å²) >= 11 is 0. The molecular formula is C15H24FN3O. The first-order valence-electron chi connectivity index (χ1n) is 7.04. The van der Waals surface area contributed by atoms with Crippen molar-refractivity contribution in [1.82, 2.24) is 4.90 Å². The number of ether oxygens (including phenoxy) is 1. The summed E-state index contributed by atoms with van der Waals surface area (Å²) in [6, 6.07) is 3.01. The first kappa shape index (κ1) is 14.9. The highest BCUT2D eigenvalue weighted by atomic mass is 19.1. The van der Waals surface area contributed by atoms with Gasteiger partial charge in [0.25, 0.3) is 0 Å². The van der Waals surface area contributed by atoms with Crippen LogP contribution in [0.1, 0.15) is 12.8 Å². The Morgan fingerprint density at radius 2 is 2.05 bits per heavy atom. The van der Waals surface area contributed by atoms with E-state index in [1.54, 1.807) is 6.07 Å². The van der Waals surface area contributed by atoms with Crippen LogP contribution in [0.15, 0.2) is 12.1 Å². The second-order valence-electron chi connectivity index (χ2n) is 5.67. The summed E-state index contributed by atoms with van der Waals surface area (Å²) in [7, 11) is 5.62. The lowest BCUT2D eigenvalue weighted by Gasteiger charge is -2.33. The van der Waals surface area contributed by atoms with Crippen molar-refractivity contribution in [3.63, 3.8) is 0 Å². The van der Waals surface area contributed by atoms with E-state index >= 15 is 0 Å².